The number of carbonyl (C=O) groups excluding carboxylic acids is 3. The van der Waals surface area contributed by atoms with Gasteiger partial charge in [0.2, 0.25) is 17.7 Å². The lowest BCUT2D eigenvalue weighted by Crippen LogP contribution is -2.61. The molecule has 1 spiro atoms. The molecule has 8 nitrogen and oxygen atoms in total. The van der Waals surface area contributed by atoms with Crippen molar-refractivity contribution < 1.29 is 24.2 Å². The molecular weight excluding hydrogens is 446 g/mol. The van der Waals surface area contributed by atoms with Crippen LogP contribution in [0, 0.1) is 17.8 Å². The van der Waals surface area contributed by atoms with Gasteiger partial charge in [-0.2, -0.15) is 0 Å². The fourth-order valence-corrected chi connectivity index (χ4v) is 6.37. The van der Waals surface area contributed by atoms with E-state index in [2.05, 4.69) is 0 Å². The summed E-state index contributed by atoms with van der Waals surface area (Å²) in [5, 5.41) is 10.4. The average molecular weight is 488 g/mol. The summed E-state index contributed by atoms with van der Waals surface area (Å²) in [4.78, 5) is 47.4. The summed E-state index contributed by atoms with van der Waals surface area (Å²) in [6.45, 7) is 13.2. The monoisotopic (exact) mass is 487 g/mol. The van der Waals surface area contributed by atoms with Crippen LogP contribution in [0.25, 0.3) is 0 Å². The van der Waals surface area contributed by atoms with Crippen LogP contribution in [0.2, 0.25) is 0 Å². The van der Waals surface area contributed by atoms with Gasteiger partial charge in [0.25, 0.3) is 0 Å². The topological polar surface area (TPSA) is 90.4 Å². The summed E-state index contributed by atoms with van der Waals surface area (Å²) < 4.78 is 6.67. The molecule has 0 radical (unpaired) electrons. The van der Waals surface area contributed by atoms with E-state index in [4.69, 9.17) is 4.74 Å². The Morgan fingerprint density at radius 1 is 1.11 bits per heavy atom. The second kappa shape index (κ2) is 9.36. The van der Waals surface area contributed by atoms with E-state index in [0.29, 0.717) is 19.6 Å². The Kier molecular flexibility index (Phi) is 6.92. The van der Waals surface area contributed by atoms with E-state index in [9.17, 15) is 19.5 Å². The largest absolute Gasteiger partial charge is 0.394 e. The average Bonchev–Trinajstić information content (AvgIpc) is 3.11. The molecule has 1 unspecified atom stereocenters. The molecule has 0 aromatic heterocycles. The van der Waals surface area contributed by atoms with Crippen molar-refractivity contribution in [3.8, 4) is 0 Å². The zero-order valence-corrected chi connectivity index (χ0v) is 21.9. The number of aliphatic hydroxyl groups excluding tert-OH is 1. The third-order valence-electron chi connectivity index (χ3n) is 8.33. The van der Waals surface area contributed by atoms with Crippen LogP contribution in [0.1, 0.15) is 54.4 Å². The third kappa shape index (κ3) is 3.93. The highest BCUT2D eigenvalue weighted by Gasteiger charge is 2.73. The normalized spacial score (nSPS) is 34.5. The maximum absolute atomic E-state index is 14.3. The summed E-state index contributed by atoms with van der Waals surface area (Å²) in [6, 6.07) is -1.47. The Morgan fingerprint density at radius 3 is 2.43 bits per heavy atom. The van der Waals surface area contributed by atoms with Gasteiger partial charge in [0.1, 0.15) is 11.6 Å². The summed E-state index contributed by atoms with van der Waals surface area (Å²) in [6.07, 6.45) is 8.59. The number of nitrogens with zero attached hydrogens (tertiary/aromatic N) is 3. The molecule has 7 atom stereocenters. The molecule has 8 heteroatoms. The predicted octanol–water partition coefficient (Wildman–Crippen LogP) is 1.98. The van der Waals surface area contributed by atoms with Gasteiger partial charge in [-0.05, 0) is 33.1 Å². The van der Waals surface area contributed by atoms with Crippen LogP contribution in [0.5, 0.6) is 0 Å². The number of hydrogen-bond donors (Lipinski definition) is 1. The quantitative estimate of drug-likeness (QED) is 0.579. The van der Waals surface area contributed by atoms with Crippen molar-refractivity contribution in [2.75, 3.05) is 26.2 Å². The van der Waals surface area contributed by atoms with E-state index in [1.54, 1.807) is 14.7 Å². The minimum Gasteiger partial charge on any atom is -0.394 e. The van der Waals surface area contributed by atoms with Crippen LogP contribution in [-0.2, 0) is 19.1 Å². The van der Waals surface area contributed by atoms with E-state index < -0.39 is 41.2 Å². The van der Waals surface area contributed by atoms with Crippen LogP contribution in [0.3, 0.4) is 0 Å². The molecule has 4 rings (SSSR count). The lowest BCUT2D eigenvalue weighted by atomic mass is 9.77. The SMILES string of the molecule is CCCN1CC=C[C@H]2O[C@]34C=CCN(C(C)(C)C)C(=O)C3N([C@@H](CO)[C@@H](C)CC)C(=O)[C@@H]4[C@H]2C1=O. The number of carbonyl (C=O) groups is 3. The first-order valence-electron chi connectivity index (χ1n) is 13.1. The van der Waals surface area contributed by atoms with Gasteiger partial charge in [-0.25, -0.2) is 0 Å². The lowest BCUT2D eigenvalue weighted by Gasteiger charge is -2.43. The van der Waals surface area contributed by atoms with Gasteiger partial charge in [0.05, 0.1) is 30.6 Å². The zero-order chi connectivity index (χ0) is 25.7. The number of ether oxygens (including phenoxy) is 1. The van der Waals surface area contributed by atoms with Crippen molar-refractivity contribution in [1.82, 2.24) is 14.7 Å². The highest BCUT2D eigenvalue weighted by molar-refractivity contribution is 6.00. The second-order valence-electron chi connectivity index (χ2n) is 11.5. The van der Waals surface area contributed by atoms with Crippen molar-refractivity contribution in [2.24, 2.45) is 17.8 Å². The maximum atomic E-state index is 14.3. The molecule has 4 aliphatic heterocycles. The number of amides is 3. The zero-order valence-electron chi connectivity index (χ0n) is 21.9. The molecule has 35 heavy (non-hydrogen) atoms. The Bertz CT molecular complexity index is 924. The standard InChI is InChI=1S/C27H41N3O5/c1-7-13-28-14-9-11-19-20(23(28)32)21-24(33)30(18(16-31)17(3)8-2)22-25(34)29(26(4,5)6)15-10-12-27(21,22)35-19/h9-12,17-22,31H,7-8,13-16H2,1-6H3/t17-,18-,19+,20-,21-,22?,27-/m0/s1. The molecule has 0 aliphatic carbocycles. The molecule has 2 fully saturated rings. The van der Waals surface area contributed by atoms with Crippen LogP contribution < -0.4 is 0 Å². The van der Waals surface area contributed by atoms with Gasteiger partial charge in [0, 0.05) is 25.2 Å². The van der Waals surface area contributed by atoms with Crippen molar-refractivity contribution in [3.63, 3.8) is 0 Å². The predicted molar refractivity (Wildman–Crippen MR) is 132 cm³/mol. The molecule has 0 aromatic rings. The van der Waals surface area contributed by atoms with Crippen molar-refractivity contribution >= 4 is 17.7 Å². The van der Waals surface area contributed by atoms with Gasteiger partial charge >= 0.3 is 0 Å². The molecule has 2 saturated heterocycles. The number of hydrogen-bond acceptors (Lipinski definition) is 5. The number of likely N-dealkylation sites (tertiary alicyclic amines) is 1. The van der Waals surface area contributed by atoms with Gasteiger partial charge in [-0.3, -0.25) is 14.4 Å². The van der Waals surface area contributed by atoms with Crippen LogP contribution in [0.4, 0.5) is 0 Å². The fraction of sp³-hybridized carbons (Fsp3) is 0.741. The highest BCUT2D eigenvalue weighted by atomic mass is 16.5. The van der Waals surface area contributed by atoms with Gasteiger partial charge in [-0.15, -0.1) is 0 Å². The summed E-state index contributed by atoms with van der Waals surface area (Å²) >= 11 is 0. The molecule has 0 aromatic carbocycles. The highest BCUT2D eigenvalue weighted by Crippen LogP contribution is 2.54. The van der Waals surface area contributed by atoms with E-state index in [1.165, 1.54) is 0 Å². The van der Waals surface area contributed by atoms with Crippen molar-refractivity contribution in [1.29, 1.82) is 0 Å². The number of aliphatic hydroxyl groups is 1. The Balaban J connectivity index is 1.88. The Labute approximate surface area is 208 Å². The Morgan fingerprint density at radius 2 is 1.83 bits per heavy atom. The summed E-state index contributed by atoms with van der Waals surface area (Å²) in [5.41, 5.74) is -1.72. The first-order valence-corrected chi connectivity index (χ1v) is 13.1. The van der Waals surface area contributed by atoms with Crippen LogP contribution in [-0.4, -0.2) is 93.1 Å². The first kappa shape index (κ1) is 25.9. The second-order valence-corrected chi connectivity index (χ2v) is 11.5. The molecule has 4 heterocycles. The minimum atomic E-state index is -1.25. The summed E-state index contributed by atoms with van der Waals surface area (Å²) in [5.74, 6) is -2.10. The Hall–Kier alpha value is -2.19. The first-order chi connectivity index (χ1) is 16.5. The van der Waals surface area contributed by atoms with Crippen molar-refractivity contribution in [2.45, 2.75) is 83.7 Å². The maximum Gasteiger partial charge on any atom is 0.249 e. The van der Waals surface area contributed by atoms with E-state index in [1.807, 2.05) is 65.8 Å². The van der Waals surface area contributed by atoms with Crippen LogP contribution >= 0.6 is 0 Å². The van der Waals surface area contributed by atoms with E-state index in [0.717, 1.165) is 12.8 Å². The molecule has 4 aliphatic rings. The van der Waals surface area contributed by atoms with Gasteiger partial charge in [-0.1, -0.05) is 51.5 Å². The smallest absolute Gasteiger partial charge is 0.249 e. The molecular formula is C27H41N3O5. The molecule has 0 bridgehead atoms. The van der Waals surface area contributed by atoms with E-state index in [-0.39, 0.29) is 30.2 Å². The fourth-order valence-electron chi connectivity index (χ4n) is 6.37. The molecule has 194 valence electrons. The molecule has 3 amide bonds. The molecule has 1 N–H and O–H groups in total. The summed E-state index contributed by atoms with van der Waals surface area (Å²) in [7, 11) is 0. The minimum absolute atomic E-state index is 0.0277. The number of rotatable bonds is 6. The lowest BCUT2D eigenvalue weighted by molar-refractivity contribution is -0.155. The number of fused-ring (bicyclic) bond motifs is 2. The van der Waals surface area contributed by atoms with Crippen LogP contribution in [0.15, 0.2) is 24.3 Å². The van der Waals surface area contributed by atoms with Gasteiger partial charge < -0.3 is 24.5 Å². The van der Waals surface area contributed by atoms with E-state index >= 15 is 0 Å². The van der Waals surface area contributed by atoms with Crippen molar-refractivity contribution in [3.05, 3.63) is 24.3 Å². The third-order valence-corrected chi connectivity index (χ3v) is 8.33. The molecule has 0 saturated carbocycles. The van der Waals surface area contributed by atoms with Gasteiger partial charge in [0.15, 0.2) is 0 Å².